The Labute approximate surface area is 117 Å². The van der Waals surface area contributed by atoms with Crippen LogP contribution in [0.4, 0.5) is 4.39 Å². The fourth-order valence-corrected chi connectivity index (χ4v) is 2.68. The van der Waals surface area contributed by atoms with Crippen molar-refractivity contribution in [2.45, 2.75) is 52.8 Å². The van der Waals surface area contributed by atoms with E-state index in [9.17, 15) is 4.39 Å². The Hall–Kier alpha value is -0.420. The number of hydrogen-bond acceptors (Lipinski definition) is 2. The molecule has 5 heteroatoms. The summed E-state index contributed by atoms with van der Waals surface area (Å²) in [6.45, 7) is 8.58. The highest BCUT2D eigenvalue weighted by Crippen LogP contribution is 2.31. The zero-order valence-electron chi connectivity index (χ0n) is 11.6. The molecule has 1 rings (SSSR count). The number of aromatic nitrogens is 2. The number of halogens is 2. The van der Waals surface area contributed by atoms with Crippen LogP contribution in [-0.2, 0) is 19.4 Å². The third kappa shape index (κ3) is 2.94. The Bertz CT molecular complexity index is 403. The first kappa shape index (κ1) is 15.6. The molecule has 1 atom stereocenters. The summed E-state index contributed by atoms with van der Waals surface area (Å²) in [6.07, 6.45) is 1.15. The summed E-state index contributed by atoms with van der Waals surface area (Å²) in [4.78, 5) is 0. The lowest BCUT2D eigenvalue weighted by molar-refractivity contribution is 0.107. The second kappa shape index (κ2) is 6.15. The van der Waals surface area contributed by atoms with Crippen molar-refractivity contribution < 1.29 is 4.39 Å². The number of rotatable bonds is 6. The van der Waals surface area contributed by atoms with Gasteiger partial charge in [-0.15, -0.1) is 0 Å². The van der Waals surface area contributed by atoms with Gasteiger partial charge in [0, 0.05) is 19.5 Å². The van der Waals surface area contributed by atoms with Gasteiger partial charge in [-0.1, -0.05) is 20.8 Å². The van der Waals surface area contributed by atoms with Crippen LogP contribution in [0.2, 0.25) is 0 Å². The minimum absolute atomic E-state index is 0.0352. The van der Waals surface area contributed by atoms with Crippen molar-refractivity contribution in [2.75, 3.05) is 6.54 Å². The monoisotopic (exact) mass is 319 g/mol. The number of hydrogen-bond donors (Lipinski definition) is 1. The van der Waals surface area contributed by atoms with E-state index in [1.165, 1.54) is 0 Å². The standard InChI is InChI=1S/C13H23BrFN3/c1-5-10-12(14)11(18(6-2)17-10)7-13(15,8-16)9(3)4/h9H,5-8,16H2,1-4H3. The third-order valence-corrected chi connectivity index (χ3v) is 4.44. The Kier molecular flexibility index (Phi) is 5.34. The first-order chi connectivity index (χ1) is 8.39. The Morgan fingerprint density at radius 3 is 2.44 bits per heavy atom. The minimum Gasteiger partial charge on any atom is -0.328 e. The molecule has 104 valence electrons. The number of alkyl halides is 1. The Morgan fingerprint density at radius 2 is 2.06 bits per heavy atom. The van der Waals surface area contributed by atoms with E-state index in [-0.39, 0.29) is 12.5 Å². The van der Waals surface area contributed by atoms with Gasteiger partial charge in [0.05, 0.1) is 15.9 Å². The first-order valence-corrected chi connectivity index (χ1v) is 7.31. The van der Waals surface area contributed by atoms with Gasteiger partial charge < -0.3 is 5.73 Å². The van der Waals surface area contributed by atoms with Crippen molar-refractivity contribution in [3.8, 4) is 0 Å². The van der Waals surface area contributed by atoms with E-state index in [2.05, 4.69) is 21.0 Å². The average molecular weight is 320 g/mol. The van der Waals surface area contributed by atoms with Crippen molar-refractivity contribution in [1.82, 2.24) is 9.78 Å². The van der Waals surface area contributed by atoms with E-state index in [1.807, 2.05) is 32.4 Å². The molecule has 1 aromatic heterocycles. The third-order valence-electron chi connectivity index (χ3n) is 3.53. The summed E-state index contributed by atoms with van der Waals surface area (Å²) in [5.41, 5.74) is 6.14. The molecule has 18 heavy (non-hydrogen) atoms. The molecular formula is C13H23BrFN3. The smallest absolute Gasteiger partial charge is 0.131 e. The van der Waals surface area contributed by atoms with Gasteiger partial charge >= 0.3 is 0 Å². The van der Waals surface area contributed by atoms with Crippen molar-refractivity contribution in [2.24, 2.45) is 11.7 Å². The van der Waals surface area contributed by atoms with E-state index in [0.717, 1.165) is 28.8 Å². The molecule has 1 unspecified atom stereocenters. The predicted molar refractivity (Wildman–Crippen MR) is 76.4 cm³/mol. The lowest BCUT2D eigenvalue weighted by Gasteiger charge is -2.28. The van der Waals surface area contributed by atoms with Crippen LogP contribution in [0.25, 0.3) is 0 Å². The molecule has 3 nitrogen and oxygen atoms in total. The van der Waals surface area contributed by atoms with Crippen LogP contribution in [0.3, 0.4) is 0 Å². The van der Waals surface area contributed by atoms with Crippen LogP contribution >= 0.6 is 15.9 Å². The van der Waals surface area contributed by atoms with Crippen LogP contribution in [0, 0.1) is 5.92 Å². The summed E-state index contributed by atoms with van der Waals surface area (Å²) in [5, 5.41) is 4.49. The lowest BCUT2D eigenvalue weighted by atomic mass is 9.87. The second-order valence-electron chi connectivity index (χ2n) is 4.95. The normalized spacial score (nSPS) is 15.1. The Morgan fingerprint density at radius 1 is 1.44 bits per heavy atom. The topological polar surface area (TPSA) is 43.8 Å². The summed E-state index contributed by atoms with van der Waals surface area (Å²) < 4.78 is 17.6. The van der Waals surface area contributed by atoms with Crippen LogP contribution in [0.5, 0.6) is 0 Å². The van der Waals surface area contributed by atoms with Gasteiger partial charge in [-0.3, -0.25) is 4.68 Å². The number of nitrogens with zero attached hydrogens (tertiary/aromatic N) is 2. The van der Waals surface area contributed by atoms with E-state index in [1.54, 1.807) is 0 Å². The summed E-state index contributed by atoms with van der Waals surface area (Å²) >= 11 is 3.54. The van der Waals surface area contributed by atoms with E-state index >= 15 is 0 Å². The average Bonchev–Trinajstić information content (AvgIpc) is 2.65. The van der Waals surface area contributed by atoms with Crippen molar-refractivity contribution in [3.63, 3.8) is 0 Å². The molecule has 1 aromatic rings. The highest BCUT2D eigenvalue weighted by molar-refractivity contribution is 9.10. The Balaban J connectivity index is 3.13. The molecule has 0 spiro atoms. The van der Waals surface area contributed by atoms with E-state index < -0.39 is 5.67 Å². The maximum absolute atomic E-state index is 14.8. The van der Waals surface area contributed by atoms with Crippen LogP contribution < -0.4 is 5.73 Å². The number of aryl methyl sites for hydroxylation is 2. The zero-order chi connectivity index (χ0) is 13.9. The summed E-state index contributed by atoms with van der Waals surface area (Å²) in [7, 11) is 0. The highest BCUT2D eigenvalue weighted by Gasteiger charge is 2.34. The zero-order valence-corrected chi connectivity index (χ0v) is 13.2. The molecule has 1 heterocycles. The van der Waals surface area contributed by atoms with Crippen LogP contribution in [0.1, 0.15) is 39.1 Å². The molecule has 0 fully saturated rings. The molecule has 0 saturated carbocycles. The quantitative estimate of drug-likeness (QED) is 0.875. The van der Waals surface area contributed by atoms with E-state index in [0.29, 0.717) is 6.42 Å². The maximum Gasteiger partial charge on any atom is 0.131 e. The predicted octanol–water partition coefficient (Wildman–Crippen LogP) is 3.09. The number of nitrogens with two attached hydrogens (primary N) is 1. The van der Waals surface area contributed by atoms with Crippen molar-refractivity contribution in [3.05, 3.63) is 15.9 Å². The van der Waals surface area contributed by atoms with Crippen molar-refractivity contribution in [1.29, 1.82) is 0 Å². The molecular weight excluding hydrogens is 297 g/mol. The van der Waals surface area contributed by atoms with Crippen LogP contribution in [-0.4, -0.2) is 22.0 Å². The molecule has 0 aliphatic carbocycles. The fraction of sp³-hybridized carbons (Fsp3) is 0.769. The second-order valence-corrected chi connectivity index (χ2v) is 5.74. The minimum atomic E-state index is -1.37. The molecule has 0 aromatic carbocycles. The molecule has 0 amide bonds. The first-order valence-electron chi connectivity index (χ1n) is 6.52. The van der Waals surface area contributed by atoms with Gasteiger partial charge in [0.2, 0.25) is 0 Å². The summed E-state index contributed by atoms with van der Waals surface area (Å²) in [5.74, 6) is -0.111. The fourth-order valence-electron chi connectivity index (χ4n) is 1.98. The highest BCUT2D eigenvalue weighted by atomic mass is 79.9. The van der Waals surface area contributed by atoms with Gasteiger partial charge in [0.1, 0.15) is 5.67 Å². The SMILES string of the molecule is CCc1nn(CC)c(CC(F)(CN)C(C)C)c1Br. The van der Waals surface area contributed by atoms with E-state index in [4.69, 9.17) is 5.73 Å². The maximum atomic E-state index is 14.8. The summed E-state index contributed by atoms with van der Waals surface area (Å²) in [6, 6.07) is 0. The molecule has 0 saturated heterocycles. The van der Waals surface area contributed by atoms with Gasteiger partial charge in [0.25, 0.3) is 0 Å². The van der Waals surface area contributed by atoms with Gasteiger partial charge in [0.15, 0.2) is 0 Å². The van der Waals surface area contributed by atoms with Crippen LogP contribution in [0.15, 0.2) is 4.47 Å². The molecule has 0 aliphatic heterocycles. The van der Waals surface area contributed by atoms with Gasteiger partial charge in [-0.05, 0) is 35.2 Å². The lowest BCUT2D eigenvalue weighted by Crippen LogP contribution is -2.41. The van der Waals surface area contributed by atoms with Gasteiger partial charge in [-0.2, -0.15) is 5.10 Å². The molecule has 2 N–H and O–H groups in total. The molecule has 0 bridgehead atoms. The molecule has 0 aliphatic rings. The van der Waals surface area contributed by atoms with Gasteiger partial charge in [-0.25, -0.2) is 4.39 Å². The van der Waals surface area contributed by atoms with Crippen molar-refractivity contribution >= 4 is 15.9 Å². The largest absolute Gasteiger partial charge is 0.328 e. The molecule has 0 radical (unpaired) electrons.